The van der Waals surface area contributed by atoms with Gasteiger partial charge in [0.25, 0.3) is 0 Å². The maximum atomic E-state index is 11.8. The molecule has 0 aromatic carbocycles. The monoisotopic (exact) mass is 369 g/mol. The molecule has 5 nitrogen and oxygen atoms in total. The SMILES string of the molecule is CCN(C(=O)OC)c1ccc(N2CCC(CC3=CCCC=C3C)CC2)nc1. The second kappa shape index (κ2) is 9.07. The van der Waals surface area contributed by atoms with Gasteiger partial charge in [-0.15, -0.1) is 0 Å². The Bertz CT molecular complexity index is 701. The third-order valence-electron chi connectivity index (χ3n) is 5.72. The van der Waals surface area contributed by atoms with Gasteiger partial charge in [0.1, 0.15) is 5.82 Å². The molecule has 1 saturated heterocycles. The number of allylic oxidation sites excluding steroid dienone is 4. The highest BCUT2D eigenvalue weighted by Crippen LogP contribution is 2.31. The number of carbonyl (C=O) groups excluding carboxylic acids is 1. The molecule has 1 aromatic rings. The standard InChI is InChI=1S/C22H31N3O2/c1-4-25(22(26)27-3)20-9-10-21(23-16-20)24-13-11-18(12-14-24)15-19-8-6-5-7-17(19)2/h7-10,16,18H,4-6,11-15H2,1-3H3. The van der Waals surface area contributed by atoms with Gasteiger partial charge in [0.05, 0.1) is 19.0 Å². The summed E-state index contributed by atoms with van der Waals surface area (Å²) in [5.74, 6) is 1.76. The minimum absolute atomic E-state index is 0.353. The van der Waals surface area contributed by atoms with Gasteiger partial charge in [-0.25, -0.2) is 9.78 Å². The fourth-order valence-electron chi connectivity index (χ4n) is 4.02. The number of anilines is 2. The van der Waals surface area contributed by atoms with Crippen molar-refractivity contribution in [1.29, 1.82) is 0 Å². The zero-order chi connectivity index (χ0) is 19.2. The van der Waals surface area contributed by atoms with E-state index in [2.05, 4.69) is 29.0 Å². The van der Waals surface area contributed by atoms with Crippen LogP contribution in [0.5, 0.6) is 0 Å². The summed E-state index contributed by atoms with van der Waals surface area (Å²) in [5.41, 5.74) is 3.81. The van der Waals surface area contributed by atoms with E-state index >= 15 is 0 Å². The molecule has 1 amide bonds. The first kappa shape index (κ1) is 19.5. The Morgan fingerprint density at radius 2 is 2.00 bits per heavy atom. The molecule has 2 aliphatic rings. The molecular weight excluding hydrogens is 338 g/mol. The molecule has 5 heteroatoms. The van der Waals surface area contributed by atoms with E-state index in [0.717, 1.165) is 30.5 Å². The van der Waals surface area contributed by atoms with E-state index in [1.807, 2.05) is 19.1 Å². The fourth-order valence-corrected chi connectivity index (χ4v) is 4.02. The van der Waals surface area contributed by atoms with Gasteiger partial charge in [-0.1, -0.05) is 17.7 Å². The highest BCUT2D eigenvalue weighted by atomic mass is 16.5. The van der Waals surface area contributed by atoms with Crippen LogP contribution in [0.1, 0.15) is 46.0 Å². The van der Waals surface area contributed by atoms with Crippen molar-refractivity contribution in [1.82, 2.24) is 4.98 Å². The Kier molecular flexibility index (Phi) is 6.54. The van der Waals surface area contributed by atoms with Crippen LogP contribution in [0.2, 0.25) is 0 Å². The molecule has 1 fully saturated rings. The molecule has 27 heavy (non-hydrogen) atoms. The number of piperidine rings is 1. The lowest BCUT2D eigenvalue weighted by molar-refractivity contribution is 0.179. The molecule has 1 aliphatic carbocycles. The molecule has 1 aliphatic heterocycles. The molecule has 0 radical (unpaired) electrons. The minimum Gasteiger partial charge on any atom is -0.452 e. The first-order chi connectivity index (χ1) is 13.1. The normalized spacial score (nSPS) is 18.0. The summed E-state index contributed by atoms with van der Waals surface area (Å²) in [6.07, 6.45) is 12.2. The van der Waals surface area contributed by atoms with Crippen LogP contribution < -0.4 is 9.80 Å². The van der Waals surface area contributed by atoms with Gasteiger partial charge in [-0.05, 0) is 69.6 Å². The number of carbonyl (C=O) groups is 1. The molecule has 0 saturated carbocycles. The molecule has 1 aromatic heterocycles. The lowest BCUT2D eigenvalue weighted by Gasteiger charge is -2.33. The Labute approximate surface area is 162 Å². The van der Waals surface area contributed by atoms with Gasteiger partial charge in [0, 0.05) is 19.6 Å². The maximum Gasteiger partial charge on any atom is 0.414 e. The number of nitrogens with zero attached hydrogens (tertiary/aromatic N) is 3. The van der Waals surface area contributed by atoms with Crippen molar-refractivity contribution in [3.63, 3.8) is 0 Å². The molecule has 3 rings (SSSR count). The number of amides is 1. The van der Waals surface area contributed by atoms with Crippen LogP contribution in [-0.4, -0.2) is 37.8 Å². The highest BCUT2D eigenvalue weighted by molar-refractivity contribution is 5.87. The number of aromatic nitrogens is 1. The van der Waals surface area contributed by atoms with E-state index in [4.69, 9.17) is 4.74 Å². The van der Waals surface area contributed by atoms with Crippen molar-refractivity contribution in [3.05, 3.63) is 41.6 Å². The van der Waals surface area contributed by atoms with Crippen LogP contribution in [0.25, 0.3) is 0 Å². The van der Waals surface area contributed by atoms with Gasteiger partial charge < -0.3 is 9.64 Å². The third kappa shape index (κ3) is 4.71. The Hall–Kier alpha value is -2.30. The minimum atomic E-state index is -0.353. The number of hydrogen-bond acceptors (Lipinski definition) is 4. The third-order valence-corrected chi connectivity index (χ3v) is 5.72. The van der Waals surface area contributed by atoms with E-state index < -0.39 is 0 Å². The summed E-state index contributed by atoms with van der Waals surface area (Å²) in [7, 11) is 1.40. The van der Waals surface area contributed by atoms with E-state index in [9.17, 15) is 4.79 Å². The first-order valence-electron chi connectivity index (χ1n) is 10.0. The van der Waals surface area contributed by atoms with Gasteiger partial charge in [-0.2, -0.15) is 0 Å². The van der Waals surface area contributed by atoms with Crippen molar-refractivity contribution in [2.45, 2.75) is 46.0 Å². The van der Waals surface area contributed by atoms with Crippen molar-refractivity contribution in [3.8, 4) is 0 Å². The molecule has 0 spiro atoms. The zero-order valence-corrected chi connectivity index (χ0v) is 16.8. The average Bonchev–Trinajstić information content (AvgIpc) is 2.71. The largest absolute Gasteiger partial charge is 0.452 e. The second-order valence-corrected chi connectivity index (χ2v) is 7.42. The predicted molar refractivity (Wildman–Crippen MR) is 110 cm³/mol. The quantitative estimate of drug-likeness (QED) is 0.737. The summed E-state index contributed by atoms with van der Waals surface area (Å²) >= 11 is 0. The van der Waals surface area contributed by atoms with Crippen LogP contribution in [-0.2, 0) is 4.74 Å². The van der Waals surface area contributed by atoms with Crippen molar-refractivity contribution >= 4 is 17.6 Å². The van der Waals surface area contributed by atoms with E-state index in [0.29, 0.717) is 6.54 Å². The number of hydrogen-bond donors (Lipinski definition) is 0. The lowest BCUT2D eigenvalue weighted by Crippen LogP contribution is -2.34. The number of pyridine rings is 1. The van der Waals surface area contributed by atoms with Gasteiger partial charge in [0.15, 0.2) is 0 Å². The Morgan fingerprint density at radius 1 is 1.26 bits per heavy atom. The van der Waals surface area contributed by atoms with E-state index in [1.165, 1.54) is 44.8 Å². The lowest BCUT2D eigenvalue weighted by atomic mass is 9.85. The number of ether oxygens (including phenoxy) is 1. The van der Waals surface area contributed by atoms with Crippen molar-refractivity contribution in [2.75, 3.05) is 36.5 Å². The summed E-state index contributed by atoms with van der Waals surface area (Å²) in [5, 5.41) is 0. The van der Waals surface area contributed by atoms with Crippen LogP contribution in [0.3, 0.4) is 0 Å². The molecule has 0 atom stereocenters. The summed E-state index contributed by atoms with van der Waals surface area (Å²) in [6, 6.07) is 3.97. The Morgan fingerprint density at radius 3 is 2.59 bits per heavy atom. The second-order valence-electron chi connectivity index (χ2n) is 7.42. The number of rotatable bonds is 5. The van der Waals surface area contributed by atoms with Crippen LogP contribution >= 0.6 is 0 Å². The summed E-state index contributed by atoms with van der Waals surface area (Å²) < 4.78 is 4.83. The van der Waals surface area contributed by atoms with Gasteiger partial charge in [0.2, 0.25) is 0 Å². The van der Waals surface area contributed by atoms with Gasteiger partial charge in [-0.3, -0.25) is 4.90 Å². The molecule has 2 heterocycles. The van der Waals surface area contributed by atoms with Crippen LogP contribution in [0, 0.1) is 5.92 Å². The zero-order valence-electron chi connectivity index (χ0n) is 16.8. The Balaban J connectivity index is 1.56. The average molecular weight is 370 g/mol. The summed E-state index contributed by atoms with van der Waals surface area (Å²) in [4.78, 5) is 20.3. The van der Waals surface area contributed by atoms with E-state index in [1.54, 1.807) is 16.7 Å². The smallest absolute Gasteiger partial charge is 0.414 e. The highest BCUT2D eigenvalue weighted by Gasteiger charge is 2.22. The first-order valence-corrected chi connectivity index (χ1v) is 10.0. The van der Waals surface area contributed by atoms with Crippen molar-refractivity contribution in [2.24, 2.45) is 5.92 Å². The van der Waals surface area contributed by atoms with Crippen LogP contribution in [0.15, 0.2) is 41.6 Å². The molecule has 0 unspecified atom stereocenters. The topological polar surface area (TPSA) is 45.7 Å². The summed E-state index contributed by atoms with van der Waals surface area (Å²) in [6.45, 7) is 6.82. The molecule has 146 valence electrons. The van der Waals surface area contributed by atoms with E-state index in [-0.39, 0.29) is 6.09 Å². The van der Waals surface area contributed by atoms with Crippen molar-refractivity contribution < 1.29 is 9.53 Å². The van der Waals surface area contributed by atoms with Gasteiger partial charge >= 0.3 is 6.09 Å². The molecule has 0 N–H and O–H groups in total. The number of methoxy groups -OCH3 is 1. The molecule has 0 bridgehead atoms. The van der Waals surface area contributed by atoms with Crippen LogP contribution in [0.4, 0.5) is 16.3 Å². The molecular formula is C22H31N3O2. The maximum absolute atomic E-state index is 11.8. The fraction of sp³-hybridized carbons (Fsp3) is 0.545. The predicted octanol–water partition coefficient (Wildman–Crippen LogP) is 4.95.